The Balaban J connectivity index is 0.000000354. The molecule has 1 radical (unpaired) electrons. The van der Waals surface area contributed by atoms with E-state index in [-0.39, 0.29) is 21.8 Å². The maximum atomic E-state index is 12.4. The van der Waals surface area contributed by atoms with E-state index < -0.39 is 0 Å². The second kappa shape index (κ2) is 7.56. The molecule has 0 atom stereocenters. The molecule has 1 rings (SSSR count). The van der Waals surface area contributed by atoms with Crippen LogP contribution in [0.3, 0.4) is 0 Å². The zero-order chi connectivity index (χ0) is 9.56. The van der Waals surface area contributed by atoms with Gasteiger partial charge in [0.2, 0.25) is 0 Å². The minimum Gasteiger partial charge on any atom is -0.280 e. The lowest BCUT2D eigenvalue weighted by atomic mass is 10.2. The summed E-state index contributed by atoms with van der Waals surface area (Å²) in [6.45, 7) is 3.43. The van der Waals surface area contributed by atoms with E-state index in [1.54, 1.807) is 6.07 Å². The maximum Gasteiger partial charge on any atom is 0.560 e. The molecular weight excluding hydrogens is 323 g/mol. The summed E-state index contributed by atoms with van der Waals surface area (Å²) in [5.74, 6) is -0.359. The van der Waals surface area contributed by atoms with E-state index in [9.17, 15) is 4.39 Å². The third-order valence-electron chi connectivity index (χ3n) is 1.02. The lowest BCUT2D eigenvalue weighted by Crippen LogP contribution is -1.78. The highest BCUT2D eigenvalue weighted by Gasteiger charge is 1.94. The van der Waals surface area contributed by atoms with Gasteiger partial charge >= 0.3 is 16.0 Å². The van der Waals surface area contributed by atoms with E-state index in [1.807, 2.05) is 0 Å². The van der Waals surface area contributed by atoms with Gasteiger partial charge in [-0.3, -0.25) is 25.8 Å². The molecule has 0 aromatic heterocycles. The Bertz CT molecular complexity index is 245. The van der Waals surface area contributed by atoms with Crippen LogP contribution in [0.15, 0.2) is 18.2 Å². The van der Waals surface area contributed by atoms with Crippen molar-refractivity contribution >= 4 is 53.4 Å². The predicted octanol–water partition coefficient (Wildman–Crippen LogP) is 3.97. The van der Waals surface area contributed by atoms with Gasteiger partial charge in [0.05, 0.1) is 0 Å². The fraction of sp³-hybridized carbons (Fsp3) is 0. The highest BCUT2D eigenvalue weighted by atomic mass is 79.9. The summed E-state index contributed by atoms with van der Waals surface area (Å²) >= 11 is 11.9. The van der Waals surface area contributed by atoms with E-state index in [0.717, 1.165) is 0 Å². The number of halogens is 4. The normalized spacial score (nSPS) is 8.08. The van der Waals surface area contributed by atoms with Crippen molar-refractivity contribution in [2.75, 3.05) is 0 Å². The van der Waals surface area contributed by atoms with Crippen LogP contribution in [0.25, 0.3) is 0 Å². The molecule has 63 valence electrons. The van der Waals surface area contributed by atoms with Crippen molar-refractivity contribution in [2.45, 2.75) is 0 Å². The van der Waals surface area contributed by atoms with Gasteiger partial charge in [0.25, 0.3) is 0 Å². The molecule has 0 spiro atoms. The minimum atomic E-state index is -0.359. The van der Waals surface area contributed by atoms with Crippen LogP contribution in [0, 0.1) is 12.7 Å². The average molecular weight is 328 g/mol. The van der Waals surface area contributed by atoms with Gasteiger partial charge in [-0.2, -0.15) is 0 Å². The van der Waals surface area contributed by atoms with Gasteiger partial charge in [0.1, 0.15) is 5.82 Å². The molecule has 1 aromatic carbocycles. The van der Waals surface area contributed by atoms with Crippen LogP contribution < -0.4 is 0 Å². The van der Waals surface area contributed by atoms with Crippen LogP contribution in [0.2, 0.25) is 5.02 Å². The predicted molar refractivity (Wildman–Crippen MR) is 59.5 cm³/mol. The van der Waals surface area contributed by atoms with Crippen molar-refractivity contribution in [1.29, 1.82) is 0 Å². The molecule has 0 aliphatic carbocycles. The Morgan fingerprint density at radius 3 is 2.25 bits per heavy atom. The van der Waals surface area contributed by atoms with Crippen molar-refractivity contribution in [3.63, 3.8) is 0 Å². The topological polar surface area (TPSA) is 0 Å². The molecule has 0 aliphatic rings. The van der Waals surface area contributed by atoms with Crippen LogP contribution in [-0.2, 0) is 0 Å². The summed E-state index contributed by atoms with van der Waals surface area (Å²) in [4.78, 5) is 0. The minimum absolute atomic E-state index is 0.0417. The molecule has 0 amide bonds. The van der Waals surface area contributed by atoms with Gasteiger partial charge in [-0.25, -0.2) is 4.39 Å². The molecule has 0 bridgehead atoms. The summed E-state index contributed by atoms with van der Waals surface area (Å²) in [6.07, 6.45) is 0. The fourth-order valence-corrected chi connectivity index (χ4v) is 0.680. The number of benzene rings is 1. The summed E-state index contributed by atoms with van der Waals surface area (Å²) in [7, 11) is 0. The van der Waals surface area contributed by atoms with Gasteiger partial charge < -0.3 is 0 Å². The quantitative estimate of drug-likeness (QED) is 0.633. The molecule has 0 nitrogen and oxygen atoms in total. The average Bonchev–Trinajstić information content (AvgIpc) is 1.99. The van der Waals surface area contributed by atoms with Crippen LogP contribution in [-0.4, -0.2) is 16.0 Å². The van der Waals surface area contributed by atoms with E-state index in [1.165, 1.54) is 12.1 Å². The van der Waals surface area contributed by atoms with Gasteiger partial charge in [-0.15, -0.1) is 0 Å². The zero-order valence-electron chi connectivity index (χ0n) is 6.16. The molecule has 0 fully saturated rings. The molecule has 12 heavy (non-hydrogen) atoms. The van der Waals surface area contributed by atoms with Crippen molar-refractivity contribution in [2.24, 2.45) is 0 Å². The lowest BCUT2D eigenvalue weighted by molar-refractivity contribution is 0.623. The largest absolute Gasteiger partial charge is 0.560 e. The molecule has 0 saturated heterocycles. The van der Waals surface area contributed by atoms with Crippen LogP contribution >= 0.6 is 37.4 Å². The Kier molecular flexibility index (Phi) is 8.29. The van der Waals surface area contributed by atoms with Crippen LogP contribution in [0.5, 0.6) is 0 Å². The molecule has 5 heteroatoms. The number of hydrogen-bond donors (Lipinski definition) is 0. The molecular formula is C7H5Br2ClFMg. The smallest absolute Gasteiger partial charge is 0.280 e. The number of rotatable bonds is 0. The van der Waals surface area contributed by atoms with Crippen LogP contribution in [0.4, 0.5) is 4.39 Å². The second-order valence-electron chi connectivity index (χ2n) is 1.84. The number of hydrogen-bond acceptors (Lipinski definition) is 0. The van der Waals surface area contributed by atoms with Crippen LogP contribution in [0.1, 0.15) is 5.56 Å². The second-order valence-corrected chi connectivity index (χ2v) is 10.4. The van der Waals surface area contributed by atoms with Gasteiger partial charge in [0, 0.05) is 5.02 Å². The zero-order valence-corrected chi connectivity index (χ0v) is 11.5. The maximum absolute atomic E-state index is 12.4. The van der Waals surface area contributed by atoms with E-state index in [2.05, 4.69) is 32.7 Å². The Morgan fingerprint density at radius 2 is 1.92 bits per heavy atom. The van der Waals surface area contributed by atoms with E-state index in [4.69, 9.17) is 11.6 Å². The van der Waals surface area contributed by atoms with E-state index >= 15 is 0 Å². The first-order valence-electron chi connectivity index (χ1n) is 3.00. The molecule has 1 aromatic rings. The molecule has 0 saturated carbocycles. The molecule has 0 unspecified atom stereocenters. The third kappa shape index (κ3) is 5.75. The first-order chi connectivity index (χ1) is 5.61. The first kappa shape index (κ1) is 13.2. The fourth-order valence-electron chi connectivity index (χ4n) is 0.522. The van der Waals surface area contributed by atoms with Crippen molar-refractivity contribution in [3.8, 4) is 0 Å². The van der Waals surface area contributed by atoms with E-state index in [0.29, 0.717) is 10.6 Å². The SMILES string of the molecule is [Br][Mg][Br].[CH2]c1ccc(Cl)cc1F. The first-order valence-corrected chi connectivity index (χ1v) is 11.2. The molecule has 0 heterocycles. The van der Waals surface area contributed by atoms with Crippen molar-refractivity contribution in [1.82, 2.24) is 0 Å². The monoisotopic (exact) mass is 325 g/mol. The van der Waals surface area contributed by atoms with Gasteiger partial charge in [-0.1, -0.05) is 17.7 Å². The molecule has 0 N–H and O–H groups in total. The summed E-state index contributed by atoms with van der Waals surface area (Å²) in [5, 5.41) is 0.403. The van der Waals surface area contributed by atoms with Gasteiger partial charge in [0.15, 0.2) is 0 Å². The Labute approximate surface area is 98.3 Å². The summed E-state index contributed by atoms with van der Waals surface area (Å²) in [5.41, 5.74) is 0.374. The standard InChI is InChI=1S/C7H5ClF.2BrH.Mg/c1-5-2-3-6(8)4-7(5)9;;;/h2-4H,1H2;2*1H;/q;;;+2/p-2. The Hall–Kier alpha value is 1.17. The highest BCUT2D eigenvalue weighted by molar-refractivity contribution is 9.47. The van der Waals surface area contributed by atoms with Crippen molar-refractivity contribution < 1.29 is 4.39 Å². The van der Waals surface area contributed by atoms with Gasteiger partial charge in [-0.05, 0) is 24.6 Å². The van der Waals surface area contributed by atoms with Crippen molar-refractivity contribution in [3.05, 3.63) is 41.5 Å². The lowest BCUT2D eigenvalue weighted by Gasteiger charge is -1.93. The summed E-state index contributed by atoms with van der Waals surface area (Å²) in [6, 6.07) is 4.38. The highest BCUT2D eigenvalue weighted by Crippen LogP contribution is 2.12. The third-order valence-corrected chi connectivity index (χ3v) is 1.25. The Morgan fingerprint density at radius 1 is 1.42 bits per heavy atom. The summed E-state index contributed by atoms with van der Waals surface area (Å²) < 4.78 is 12.4. The molecule has 0 aliphatic heterocycles.